The molecular weight excluding hydrogens is 277 g/mol. The van der Waals surface area contributed by atoms with Crippen LogP contribution in [0.15, 0.2) is 22.7 Å². The molecule has 1 atom stereocenters. The average Bonchev–Trinajstić information content (AvgIpc) is 2.73. The van der Waals surface area contributed by atoms with Gasteiger partial charge in [-0.05, 0) is 34.5 Å². The third-order valence-electron chi connectivity index (χ3n) is 2.56. The Kier molecular flexibility index (Phi) is 3.89. The number of ether oxygens (including phenoxy) is 1. The summed E-state index contributed by atoms with van der Waals surface area (Å²) >= 11 is 9.46. The minimum Gasteiger partial charge on any atom is -0.384 e. The minimum absolute atomic E-state index is 0.621. The highest BCUT2D eigenvalue weighted by molar-refractivity contribution is 9.10. The van der Waals surface area contributed by atoms with Crippen molar-refractivity contribution in [3.63, 3.8) is 0 Å². The van der Waals surface area contributed by atoms with Crippen molar-refractivity contribution in [2.45, 2.75) is 6.42 Å². The zero-order chi connectivity index (χ0) is 10.7. The molecule has 0 amide bonds. The van der Waals surface area contributed by atoms with Gasteiger partial charge in [-0.15, -0.1) is 0 Å². The van der Waals surface area contributed by atoms with E-state index < -0.39 is 0 Å². The van der Waals surface area contributed by atoms with Gasteiger partial charge in [0, 0.05) is 24.8 Å². The summed E-state index contributed by atoms with van der Waals surface area (Å²) in [7, 11) is 0. The third-order valence-corrected chi connectivity index (χ3v) is 3.95. The molecule has 2 nitrogen and oxygen atoms in total. The molecule has 0 aliphatic carbocycles. The van der Waals surface area contributed by atoms with E-state index >= 15 is 0 Å². The van der Waals surface area contributed by atoms with Crippen LogP contribution in [-0.2, 0) is 4.74 Å². The van der Waals surface area contributed by atoms with Gasteiger partial charge in [-0.1, -0.05) is 17.7 Å². The van der Waals surface area contributed by atoms with Crippen LogP contribution in [-0.4, -0.2) is 19.8 Å². The van der Waals surface area contributed by atoms with Gasteiger partial charge in [0.1, 0.15) is 0 Å². The lowest BCUT2D eigenvalue weighted by molar-refractivity contribution is 0.187. The normalized spacial score (nSPS) is 20.5. The molecule has 0 spiro atoms. The fourth-order valence-corrected chi connectivity index (χ4v) is 2.22. The number of hydrogen-bond donors (Lipinski definition) is 1. The lowest BCUT2D eigenvalue weighted by atomic mass is 10.1. The van der Waals surface area contributed by atoms with E-state index in [2.05, 4.69) is 21.2 Å². The van der Waals surface area contributed by atoms with Crippen molar-refractivity contribution in [3.05, 3.63) is 27.7 Å². The maximum atomic E-state index is 6.00. The first kappa shape index (κ1) is 11.2. The maximum Gasteiger partial charge on any atom is 0.0593 e. The molecule has 0 bridgehead atoms. The Labute approximate surface area is 103 Å². The van der Waals surface area contributed by atoms with Crippen LogP contribution in [0.25, 0.3) is 0 Å². The third kappa shape index (κ3) is 2.86. The summed E-state index contributed by atoms with van der Waals surface area (Å²) in [4.78, 5) is 0. The van der Waals surface area contributed by atoms with Crippen molar-refractivity contribution in [3.8, 4) is 0 Å². The number of nitrogens with one attached hydrogen (secondary N) is 1. The highest BCUT2D eigenvalue weighted by Crippen LogP contribution is 2.30. The molecule has 2 rings (SSSR count). The Morgan fingerprint density at radius 3 is 3.13 bits per heavy atom. The highest BCUT2D eigenvalue weighted by atomic mass is 79.9. The quantitative estimate of drug-likeness (QED) is 0.919. The minimum atomic E-state index is 0.621. The molecule has 1 aliphatic rings. The first-order chi connectivity index (χ1) is 7.27. The van der Waals surface area contributed by atoms with Crippen molar-refractivity contribution in [2.24, 2.45) is 5.92 Å². The Balaban J connectivity index is 1.95. The van der Waals surface area contributed by atoms with Gasteiger partial charge in [0.2, 0.25) is 0 Å². The van der Waals surface area contributed by atoms with E-state index in [-0.39, 0.29) is 0 Å². The Bertz CT molecular complexity index is 339. The van der Waals surface area contributed by atoms with Gasteiger partial charge in [-0.2, -0.15) is 0 Å². The van der Waals surface area contributed by atoms with E-state index in [1.165, 1.54) is 0 Å². The topological polar surface area (TPSA) is 21.3 Å². The number of hydrogen-bond acceptors (Lipinski definition) is 2. The maximum absolute atomic E-state index is 6.00. The molecule has 1 aromatic rings. The number of halogens is 2. The zero-order valence-corrected chi connectivity index (χ0v) is 10.6. The predicted octanol–water partition coefficient (Wildman–Crippen LogP) is 3.55. The molecule has 1 unspecified atom stereocenters. The van der Waals surface area contributed by atoms with E-state index in [9.17, 15) is 0 Å². The molecule has 1 aromatic carbocycles. The molecule has 0 aromatic heterocycles. The molecule has 82 valence electrons. The summed E-state index contributed by atoms with van der Waals surface area (Å²) in [6.07, 6.45) is 1.14. The van der Waals surface area contributed by atoms with Gasteiger partial charge >= 0.3 is 0 Å². The van der Waals surface area contributed by atoms with Gasteiger partial charge in [-0.25, -0.2) is 0 Å². The van der Waals surface area contributed by atoms with Crippen molar-refractivity contribution < 1.29 is 4.74 Å². The average molecular weight is 291 g/mol. The predicted molar refractivity (Wildman–Crippen MR) is 66.6 cm³/mol. The van der Waals surface area contributed by atoms with E-state index in [0.29, 0.717) is 5.92 Å². The molecule has 15 heavy (non-hydrogen) atoms. The second-order valence-electron chi connectivity index (χ2n) is 3.71. The van der Waals surface area contributed by atoms with Crippen LogP contribution < -0.4 is 5.32 Å². The molecule has 1 saturated heterocycles. The van der Waals surface area contributed by atoms with Gasteiger partial charge in [0.25, 0.3) is 0 Å². The van der Waals surface area contributed by atoms with Crippen molar-refractivity contribution in [1.29, 1.82) is 0 Å². The first-order valence-electron chi connectivity index (χ1n) is 5.03. The summed E-state index contributed by atoms with van der Waals surface area (Å²) in [5.41, 5.74) is 1.05. The fraction of sp³-hybridized carbons (Fsp3) is 0.455. The number of rotatable bonds is 3. The standard InChI is InChI=1S/C11H13BrClNO/c12-11-9(13)2-1-3-10(11)14-6-8-4-5-15-7-8/h1-3,8,14H,4-7H2. The smallest absolute Gasteiger partial charge is 0.0593 e. The lowest BCUT2D eigenvalue weighted by Crippen LogP contribution is -2.14. The van der Waals surface area contributed by atoms with Crippen LogP contribution in [0.2, 0.25) is 5.02 Å². The second kappa shape index (κ2) is 5.19. The first-order valence-corrected chi connectivity index (χ1v) is 6.20. The zero-order valence-electron chi connectivity index (χ0n) is 8.30. The van der Waals surface area contributed by atoms with Gasteiger partial charge < -0.3 is 10.1 Å². The molecule has 4 heteroatoms. The molecule has 1 aliphatic heterocycles. The van der Waals surface area contributed by atoms with Crippen LogP contribution in [0.4, 0.5) is 5.69 Å². The molecule has 1 heterocycles. The Morgan fingerprint density at radius 1 is 1.53 bits per heavy atom. The largest absolute Gasteiger partial charge is 0.384 e. The van der Waals surface area contributed by atoms with Crippen LogP contribution in [0.5, 0.6) is 0 Å². The molecule has 0 radical (unpaired) electrons. The Morgan fingerprint density at radius 2 is 2.40 bits per heavy atom. The van der Waals surface area contributed by atoms with Crippen LogP contribution >= 0.6 is 27.5 Å². The van der Waals surface area contributed by atoms with Crippen LogP contribution in [0.1, 0.15) is 6.42 Å². The highest BCUT2D eigenvalue weighted by Gasteiger charge is 2.15. The Hall–Kier alpha value is -0.250. The van der Waals surface area contributed by atoms with E-state index in [4.69, 9.17) is 16.3 Å². The number of anilines is 1. The summed E-state index contributed by atoms with van der Waals surface area (Å²) in [5, 5.41) is 4.12. The summed E-state index contributed by atoms with van der Waals surface area (Å²) in [6, 6.07) is 5.84. The summed E-state index contributed by atoms with van der Waals surface area (Å²) < 4.78 is 6.26. The van der Waals surface area contributed by atoms with E-state index in [1.54, 1.807) is 0 Å². The molecule has 1 N–H and O–H groups in total. The lowest BCUT2D eigenvalue weighted by Gasteiger charge is -2.12. The van der Waals surface area contributed by atoms with Gasteiger partial charge in [0.15, 0.2) is 0 Å². The molecule has 1 fully saturated rings. The fourth-order valence-electron chi connectivity index (χ4n) is 1.64. The molecular formula is C11H13BrClNO. The van der Waals surface area contributed by atoms with Gasteiger partial charge in [0.05, 0.1) is 16.1 Å². The second-order valence-corrected chi connectivity index (χ2v) is 4.91. The summed E-state index contributed by atoms with van der Waals surface area (Å²) in [5.74, 6) is 0.621. The van der Waals surface area contributed by atoms with Crippen molar-refractivity contribution >= 4 is 33.2 Å². The van der Waals surface area contributed by atoms with Crippen LogP contribution in [0, 0.1) is 5.92 Å². The summed E-state index contributed by atoms with van der Waals surface area (Å²) in [6.45, 7) is 2.70. The number of benzene rings is 1. The monoisotopic (exact) mass is 289 g/mol. The van der Waals surface area contributed by atoms with Crippen LogP contribution in [0.3, 0.4) is 0 Å². The SMILES string of the molecule is Clc1cccc(NCC2CCOC2)c1Br. The van der Waals surface area contributed by atoms with Gasteiger partial charge in [-0.3, -0.25) is 0 Å². The van der Waals surface area contributed by atoms with Crippen molar-refractivity contribution in [1.82, 2.24) is 0 Å². The van der Waals surface area contributed by atoms with E-state index in [0.717, 1.165) is 41.4 Å². The van der Waals surface area contributed by atoms with E-state index in [1.807, 2.05) is 18.2 Å². The van der Waals surface area contributed by atoms with Crippen molar-refractivity contribution in [2.75, 3.05) is 25.1 Å². The molecule has 0 saturated carbocycles.